The van der Waals surface area contributed by atoms with Crippen LogP contribution in [0.2, 0.25) is 0 Å². The van der Waals surface area contributed by atoms with Crippen LogP contribution in [0.5, 0.6) is 5.75 Å². The van der Waals surface area contributed by atoms with E-state index in [0.29, 0.717) is 24.4 Å². The van der Waals surface area contributed by atoms with Crippen LogP contribution in [0.3, 0.4) is 0 Å². The quantitative estimate of drug-likeness (QED) is 0.359. The van der Waals surface area contributed by atoms with Gasteiger partial charge in [-0.2, -0.15) is 0 Å². The summed E-state index contributed by atoms with van der Waals surface area (Å²) in [7, 11) is 0. The van der Waals surface area contributed by atoms with E-state index in [9.17, 15) is 9.90 Å². The first-order valence-corrected chi connectivity index (χ1v) is 9.83. The molecule has 1 fully saturated rings. The lowest BCUT2D eigenvalue weighted by atomic mass is 9.82. The predicted octanol–water partition coefficient (Wildman–Crippen LogP) is 3.10. The number of nitrogens with zero attached hydrogens (tertiary/aromatic N) is 3. The van der Waals surface area contributed by atoms with E-state index in [-0.39, 0.29) is 11.7 Å². The number of benzene rings is 2. The van der Waals surface area contributed by atoms with Crippen molar-refractivity contribution in [3.63, 3.8) is 0 Å². The number of aromatic hydroxyl groups is 1. The number of phenolic OH excluding ortho intramolecular Hbond substituents is 1. The summed E-state index contributed by atoms with van der Waals surface area (Å²) in [5.74, 6) is 5.55. The van der Waals surface area contributed by atoms with E-state index in [1.807, 2.05) is 36.4 Å². The number of hydrogen-bond acceptors (Lipinski definition) is 5. The number of rotatable bonds is 5. The van der Waals surface area contributed by atoms with E-state index >= 15 is 0 Å². The highest BCUT2D eigenvalue weighted by Crippen LogP contribution is 2.40. The van der Waals surface area contributed by atoms with Crippen molar-refractivity contribution >= 4 is 16.9 Å². The zero-order chi connectivity index (χ0) is 19.5. The van der Waals surface area contributed by atoms with Crippen LogP contribution in [0.4, 0.5) is 0 Å². The third-order valence-electron chi connectivity index (χ3n) is 5.53. The summed E-state index contributed by atoms with van der Waals surface area (Å²) in [4.78, 5) is 13.1. The normalized spacial score (nSPS) is 15.0. The first kappa shape index (κ1) is 18.4. The highest BCUT2D eigenvalue weighted by atomic mass is 16.3. The Morgan fingerprint density at radius 2 is 1.82 bits per heavy atom. The van der Waals surface area contributed by atoms with E-state index in [4.69, 9.17) is 5.84 Å². The first-order valence-electron chi connectivity index (χ1n) is 9.83. The van der Waals surface area contributed by atoms with Crippen LogP contribution in [0.25, 0.3) is 16.7 Å². The van der Waals surface area contributed by atoms with E-state index in [2.05, 4.69) is 15.6 Å². The lowest BCUT2D eigenvalue weighted by Gasteiger charge is -2.24. The second-order valence-electron chi connectivity index (χ2n) is 7.43. The third kappa shape index (κ3) is 3.71. The molecule has 1 aliphatic carbocycles. The Hall–Kier alpha value is -2.93. The zero-order valence-corrected chi connectivity index (χ0v) is 15.8. The second-order valence-corrected chi connectivity index (χ2v) is 7.43. The first-order chi connectivity index (χ1) is 13.7. The molecule has 0 saturated heterocycles. The molecule has 1 aliphatic rings. The number of amides is 1. The monoisotopic (exact) mass is 379 g/mol. The number of nitrogens with two attached hydrogens (primary N) is 1. The molecule has 0 radical (unpaired) electrons. The van der Waals surface area contributed by atoms with Crippen molar-refractivity contribution in [1.29, 1.82) is 0 Å². The molecule has 0 spiro atoms. The van der Waals surface area contributed by atoms with Gasteiger partial charge < -0.3 is 5.11 Å². The Balaban J connectivity index is 1.77. The van der Waals surface area contributed by atoms with Gasteiger partial charge in [-0.25, -0.2) is 5.84 Å². The van der Waals surface area contributed by atoms with Crippen molar-refractivity contribution < 1.29 is 9.90 Å². The summed E-state index contributed by atoms with van der Waals surface area (Å²) in [6, 6.07) is 11.5. The van der Waals surface area contributed by atoms with E-state index < -0.39 is 0 Å². The van der Waals surface area contributed by atoms with Crippen molar-refractivity contribution in [2.45, 2.75) is 50.9 Å². The van der Waals surface area contributed by atoms with Gasteiger partial charge in [-0.05, 0) is 54.5 Å². The average molecular weight is 379 g/mol. The molecule has 0 aliphatic heterocycles. The van der Waals surface area contributed by atoms with Crippen molar-refractivity contribution in [2.24, 2.45) is 5.84 Å². The topological polar surface area (TPSA) is 106 Å². The van der Waals surface area contributed by atoms with E-state index in [1.165, 1.54) is 24.1 Å². The van der Waals surface area contributed by atoms with Crippen LogP contribution in [0, 0.1) is 0 Å². The number of hydrogen-bond donors (Lipinski definition) is 3. The maximum absolute atomic E-state index is 11.6. The lowest BCUT2D eigenvalue weighted by molar-refractivity contribution is -0.121. The van der Waals surface area contributed by atoms with Crippen LogP contribution in [-0.4, -0.2) is 26.0 Å². The van der Waals surface area contributed by atoms with Crippen molar-refractivity contribution in [3.05, 3.63) is 47.5 Å². The Morgan fingerprint density at radius 3 is 2.46 bits per heavy atom. The minimum atomic E-state index is -0.211. The number of hydrazine groups is 1. The molecule has 0 bridgehead atoms. The number of fused-ring (bicyclic) bond motifs is 1. The highest BCUT2D eigenvalue weighted by Gasteiger charge is 2.23. The SMILES string of the molecule is NNC(=O)CCc1cc(C2CCCCC2)c(O)c(-n2nc3ccccc3n2)c1. The van der Waals surface area contributed by atoms with Gasteiger partial charge in [0, 0.05) is 6.42 Å². The van der Waals surface area contributed by atoms with E-state index in [1.54, 1.807) is 0 Å². The summed E-state index contributed by atoms with van der Waals surface area (Å²) in [6.07, 6.45) is 6.54. The van der Waals surface area contributed by atoms with Crippen LogP contribution >= 0.6 is 0 Å². The minimum Gasteiger partial charge on any atom is -0.505 e. The number of carbonyl (C=O) groups excluding carboxylic acids is 1. The number of phenols is 1. The molecule has 1 saturated carbocycles. The molecule has 7 heteroatoms. The van der Waals surface area contributed by atoms with Gasteiger partial charge in [0.1, 0.15) is 22.5 Å². The molecule has 146 valence electrons. The van der Waals surface area contributed by atoms with Gasteiger partial charge in [0.05, 0.1) is 0 Å². The summed E-state index contributed by atoms with van der Waals surface area (Å²) in [5, 5.41) is 20.1. The minimum absolute atomic E-state index is 0.211. The molecule has 28 heavy (non-hydrogen) atoms. The average Bonchev–Trinajstić information content (AvgIpc) is 3.17. The van der Waals surface area contributed by atoms with Gasteiger partial charge in [-0.3, -0.25) is 10.2 Å². The van der Waals surface area contributed by atoms with Crippen molar-refractivity contribution in [1.82, 2.24) is 20.4 Å². The third-order valence-corrected chi connectivity index (χ3v) is 5.53. The number of nitrogens with one attached hydrogen (secondary N) is 1. The number of aryl methyl sites for hydroxylation is 1. The molecule has 1 aromatic heterocycles. The molecular weight excluding hydrogens is 354 g/mol. The molecule has 1 amide bonds. The van der Waals surface area contributed by atoms with Crippen LogP contribution in [0.15, 0.2) is 36.4 Å². The molecule has 1 heterocycles. The van der Waals surface area contributed by atoms with Crippen molar-refractivity contribution in [2.75, 3.05) is 0 Å². The fraction of sp³-hybridized carbons (Fsp3) is 0.381. The van der Waals surface area contributed by atoms with Crippen LogP contribution < -0.4 is 11.3 Å². The molecule has 0 atom stereocenters. The van der Waals surface area contributed by atoms with E-state index in [0.717, 1.165) is 35.0 Å². The Bertz CT molecular complexity index is 959. The summed E-state index contributed by atoms with van der Waals surface area (Å²) in [5.41, 5.74) is 6.18. The fourth-order valence-electron chi connectivity index (χ4n) is 4.02. The fourth-order valence-corrected chi connectivity index (χ4v) is 4.02. The molecule has 3 aromatic rings. The second kappa shape index (κ2) is 7.98. The zero-order valence-electron chi connectivity index (χ0n) is 15.8. The molecule has 2 aromatic carbocycles. The van der Waals surface area contributed by atoms with Crippen molar-refractivity contribution in [3.8, 4) is 11.4 Å². The van der Waals surface area contributed by atoms with Gasteiger partial charge >= 0.3 is 0 Å². The Morgan fingerprint density at radius 1 is 1.14 bits per heavy atom. The van der Waals surface area contributed by atoms with Gasteiger partial charge in [0.15, 0.2) is 0 Å². The van der Waals surface area contributed by atoms with Crippen LogP contribution in [-0.2, 0) is 11.2 Å². The summed E-state index contributed by atoms with van der Waals surface area (Å²) < 4.78 is 0. The molecule has 4 N–H and O–H groups in total. The standard InChI is InChI=1S/C21H25N5O2/c22-23-20(27)11-10-14-12-16(15-6-2-1-3-7-15)21(28)19(13-14)26-24-17-8-4-5-9-18(17)25-26/h4-5,8-9,12-13,15,28H,1-3,6-7,10-11,22H2,(H,23,27). The Labute approximate surface area is 163 Å². The van der Waals surface area contributed by atoms with Crippen LogP contribution in [0.1, 0.15) is 55.6 Å². The van der Waals surface area contributed by atoms with Gasteiger partial charge in [-0.1, -0.05) is 37.5 Å². The summed E-state index contributed by atoms with van der Waals surface area (Å²) >= 11 is 0. The highest BCUT2D eigenvalue weighted by molar-refractivity contribution is 5.75. The molecule has 4 rings (SSSR count). The predicted molar refractivity (Wildman–Crippen MR) is 107 cm³/mol. The summed E-state index contributed by atoms with van der Waals surface area (Å²) in [6.45, 7) is 0. The lowest BCUT2D eigenvalue weighted by Crippen LogP contribution is -2.30. The smallest absolute Gasteiger partial charge is 0.234 e. The van der Waals surface area contributed by atoms with Gasteiger partial charge in [0.2, 0.25) is 5.91 Å². The van der Waals surface area contributed by atoms with Gasteiger partial charge in [-0.15, -0.1) is 15.0 Å². The molecule has 0 unspecified atom stereocenters. The maximum atomic E-state index is 11.6. The maximum Gasteiger partial charge on any atom is 0.234 e. The number of carbonyl (C=O) groups is 1. The molecular formula is C21H25N5O2. The van der Waals surface area contributed by atoms with Gasteiger partial charge in [0.25, 0.3) is 0 Å². The Kier molecular flexibility index (Phi) is 5.25. The largest absolute Gasteiger partial charge is 0.505 e. The number of aromatic nitrogens is 3. The molecule has 7 nitrogen and oxygen atoms in total.